The van der Waals surface area contributed by atoms with E-state index in [4.69, 9.17) is 27.6 Å². The minimum atomic E-state index is -1.44. The van der Waals surface area contributed by atoms with Gasteiger partial charge in [0.2, 0.25) is 5.91 Å². The number of fused-ring (bicyclic) bond motifs is 4. The van der Waals surface area contributed by atoms with E-state index in [1.165, 1.54) is 28.7 Å². The van der Waals surface area contributed by atoms with Gasteiger partial charge in [0.15, 0.2) is 11.4 Å². The van der Waals surface area contributed by atoms with Crippen LogP contribution in [0.2, 0.25) is 10.2 Å². The molecule has 5 heterocycles. The van der Waals surface area contributed by atoms with E-state index in [-0.39, 0.29) is 22.7 Å². The maximum Gasteiger partial charge on any atom is 0.340 e. The molecule has 1 aliphatic heterocycles. The zero-order chi connectivity index (χ0) is 30.2. The molecule has 2 bridgehead atoms. The van der Waals surface area contributed by atoms with Gasteiger partial charge < -0.3 is 9.73 Å². The van der Waals surface area contributed by atoms with Gasteiger partial charge in [0, 0.05) is 45.4 Å². The average molecular weight is 622 g/mol. The number of nitrogens with one attached hydrogen (secondary N) is 1. The molecule has 0 saturated carbocycles. The van der Waals surface area contributed by atoms with Gasteiger partial charge in [-0.15, -0.1) is 5.10 Å². The van der Waals surface area contributed by atoms with Gasteiger partial charge in [-0.25, -0.2) is 18.5 Å². The monoisotopic (exact) mass is 621 g/mol. The Morgan fingerprint density at radius 2 is 1.95 bits per heavy atom. The summed E-state index contributed by atoms with van der Waals surface area (Å²) in [6.07, 6.45) is 4.89. The summed E-state index contributed by atoms with van der Waals surface area (Å²) in [6, 6.07) is 12.0. The maximum absolute atomic E-state index is 14.6. The fraction of sp³-hybridized carbons (Fsp3) is 0.267. The molecule has 0 saturated heterocycles. The Balaban J connectivity index is 1.45. The molecule has 0 fully saturated rings. The zero-order valence-corrected chi connectivity index (χ0v) is 24.7. The lowest BCUT2D eigenvalue weighted by Gasteiger charge is -2.20. The average Bonchev–Trinajstić information content (AvgIpc) is 3.61. The van der Waals surface area contributed by atoms with Crippen LogP contribution in [0.4, 0.5) is 10.1 Å². The van der Waals surface area contributed by atoms with Crippen LogP contribution in [-0.2, 0) is 4.79 Å². The van der Waals surface area contributed by atoms with Crippen molar-refractivity contribution in [1.82, 2.24) is 29.8 Å². The molecule has 1 aliphatic rings. The lowest BCUT2D eigenvalue weighted by molar-refractivity contribution is -0.119. The molecule has 1 aromatic carbocycles. The number of nitrogens with zero attached hydrogens (tertiary/aromatic N) is 6. The van der Waals surface area contributed by atoms with Crippen molar-refractivity contribution in [3.63, 3.8) is 0 Å². The highest BCUT2D eigenvalue weighted by Crippen LogP contribution is 2.36. The largest absolute Gasteiger partial charge is 0.422 e. The van der Waals surface area contributed by atoms with E-state index in [1.54, 1.807) is 48.7 Å². The highest BCUT2D eigenvalue weighted by molar-refractivity contribution is 6.31. The van der Waals surface area contributed by atoms with Crippen LogP contribution in [0.15, 0.2) is 70.3 Å². The Morgan fingerprint density at radius 1 is 1.12 bits per heavy atom. The maximum atomic E-state index is 14.6. The number of amides is 1. The van der Waals surface area contributed by atoms with Crippen LogP contribution in [0, 0.1) is 5.92 Å². The fourth-order valence-corrected chi connectivity index (χ4v) is 5.67. The first-order chi connectivity index (χ1) is 20.7. The minimum Gasteiger partial charge on any atom is -0.422 e. The number of carbonyl (C=O) groups excluding carboxylic acids is 1. The van der Waals surface area contributed by atoms with Gasteiger partial charge in [0.1, 0.15) is 5.76 Å². The number of pyridine rings is 1. The molecule has 0 aliphatic carbocycles. The van der Waals surface area contributed by atoms with Gasteiger partial charge in [0.25, 0.3) is 0 Å². The third-order valence-electron chi connectivity index (χ3n) is 7.54. The van der Waals surface area contributed by atoms with E-state index < -0.39 is 17.8 Å². The van der Waals surface area contributed by atoms with E-state index in [0.29, 0.717) is 63.7 Å². The summed E-state index contributed by atoms with van der Waals surface area (Å²) < 4.78 is 23.2. The van der Waals surface area contributed by atoms with Crippen LogP contribution >= 0.6 is 23.2 Å². The number of alkyl halides is 1. The van der Waals surface area contributed by atoms with Crippen molar-refractivity contribution in [3.05, 3.63) is 92.9 Å². The topological polar surface area (TPSA) is 121 Å². The van der Waals surface area contributed by atoms with Gasteiger partial charge in [-0.05, 0) is 62.2 Å². The number of aromatic nitrogens is 6. The van der Waals surface area contributed by atoms with Crippen molar-refractivity contribution in [2.24, 2.45) is 5.92 Å². The van der Waals surface area contributed by atoms with E-state index in [1.807, 2.05) is 6.92 Å². The van der Waals surface area contributed by atoms with Crippen LogP contribution in [0.1, 0.15) is 56.6 Å². The van der Waals surface area contributed by atoms with Gasteiger partial charge in [-0.1, -0.05) is 41.8 Å². The molecule has 1 N–H and O–H groups in total. The summed E-state index contributed by atoms with van der Waals surface area (Å²) >= 11 is 12.3. The predicted octanol–water partition coefficient (Wildman–Crippen LogP) is 6.83. The summed E-state index contributed by atoms with van der Waals surface area (Å²) in [5.41, 5.74) is 3.01. The lowest BCUT2D eigenvalue weighted by Crippen LogP contribution is -2.22. The third kappa shape index (κ3) is 5.70. The van der Waals surface area contributed by atoms with Crippen LogP contribution < -0.4 is 10.9 Å². The molecule has 6 rings (SSSR count). The third-order valence-corrected chi connectivity index (χ3v) is 7.95. The molecule has 3 atom stereocenters. The molecule has 10 nitrogen and oxygen atoms in total. The smallest absolute Gasteiger partial charge is 0.340 e. The van der Waals surface area contributed by atoms with Gasteiger partial charge in [-0.3, -0.25) is 9.78 Å². The summed E-state index contributed by atoms with van der Waals surface area (Å²) in [5.74, 6) is -0.678. The van der Waals surface area contributed by atoms with Gasteiger partial charge in [0.05, 0.1) is 29.5 Å². The quantitative estimate of drug-likeness (QED) is 0.233. The summed E-state index contributed by atoms with van der Waals surface area (Å²) in [4.78, 5) is 31.2. The molecule has 5 aromatic rings. The normalized spacial score (nSPS) is 17.8. The first kappa shape index (κ1) is 28.8. The lowest BCUT2D eigenvalue weighted by atomic mass is 9.88. The van der Waals surface area contributed by atoms with E-state index in [9.17, 15) is 14.0 Å². The van der Waals surface area contributed by atoms with Crippen LogP contribution in [0.3, 0.4) is 0 Å². The Bertz CT molecular complexity index is 1880. The summed E-state index contributed by atoms with van der Waals surface area (Å²) in [5, 5.41) is 15.6. The van der Waals surface area contributed by atoms with Crippen molar-refractivity contribution >= 4 is 34.8 Å². The molecule has 0 radical (unpaired) electrons. The Kier molecular flexibility index (Phi) is 7.85. The Morgan fingerprint density at radius 3 is 2.70 bits per heavy atom. The molecule has 220 valence electrons. The summed E-state index contributed by atoms with van der Waals surface area (Å²) in [7, 11) is 0. The second kappa shape index (κ2) is 11.7. The molecule has 43 heavy (non-hydrogen) atoms. The van der Waals surface area contributed by atoms with Gasteiger partial charge in [-0.2, -0.15) is 5.10 Å². The highest BCUT2D eigenvalue weighted by Gasteiger charge is 2.26. The number of anilines is 1. The van der Waals surface area contributed by atoms with E-state index in [2.05, 4.69) is 25.7 Å². The highest BCUT2D eigenvalue weighted by atomic mass is 35.5. The van der Waals surface area contributed by atoms with Crippen molar-refractivity contribution in [2.75, 3.05) is 5.32 Å². The SMILES string of the molecule is CC(F)n1ncc2c1-c1ccnc(c1)[C@@H](c1ccc(-c3cc(Cl)ccc3-n3cc(Cl)nn3)oc1=O)CCC[C@@H](C)C(=O)N2. The van der Waals surface area contributed by atoms with Crippen molar-refractivity contribution in [3.8, 4) is 28.3 Å². The van der Waals surface area contributed by atoms with Crippen molar-refractivity contribution < 1.29 is 13.6 Å². The minimum absolute atomic E-state index is 0.187. The number of hydrogen-bond donors (Lipinski definition) is 1. The van der Waals surface area contributed by atoms with E-state index in [0.717, 1.165) is 0 Å². The van der Waals surface area contributed by atoms with Crippen LogP contribution in [-0.4, -0.2) is 35.7 Å². The molecule has 1 unspecified atom stereocenters. The van der Waals surface area contributed by atoms with Crippen LogP contribution in [0.25, 0.3) is 28.3 Å². The number of rotatable bonds is 4. The molecular weight excluding hydrogens is 596 g/mol. The number of carbonyl (C=O) groups is 1. The fourth-order valence-electron chi connectivity index (χ4n) is 5.37. The Labute approximate surface area is 255 Å². The van der Waals surface area contributed by atoms with Gasteiger partial charge >= 0.3 is 5.63 Å². The number of halogens is 3. The second-order valence-corrected chi connectivity index (χ2v) is 11.3. The molecule has 4 aromatic heterocycles. The molecule has 0 spiro atoms. The predicted molar refractivity (Wildman–Crippen MR) is 160 cm³/mol. The van der Waals surface area contributed by atoms with Crippen LogP contribution in [0.5, 0.6) is 0 Å². The summed E-state index contributed by atoms with van der Waals surface area (Å²) in [6.45, 7) is 3.21. The Hall–Kier alpha value is -4.35. The van der Waals surface area contributed by atoms with Crippen molar-refractivity contribution in [2.45, 2.75) is 45.3 Å². The number of hydrogen-bond acceptors (Lipinski definition) is 7. The first-order valence-electron chi connectivity index (χ1n) is 13.7. The molecule has 1 amide bonds. The zero-order valence-electron chi connectivity index (χ0n) is 23.2. The second-order valence-electron chi connectivity index (χ2n) is 10.5. The van der Waals surface area contributed by atoms with E-state index >= 15 is 0 Å². The molecular formula is C30H26Cl2FN7O3. The number of benzene rings is 1. The van der Waals surface area contributed by atoms with Crippen molar-refractivity contribution in [1.29, 1.82) is 0 Å². The molecule has 13 heteroatoms. The standard InChI is InChI=1S/C30H26Cl2FN7O3/c1-16-4-3-5-20(23-12-18(10-11-34-23)28-24(36-29(16)41)14-35-40(28)17(2)33)21-7-9-26(43-30(21)42)22-13-19(31)6-8-25(22)39-15-27(32)37-38-39/h6-17,20H,3-5H2,1-2H3,(H,36,41)/t16-,17?,20-/m1/s1. The first-order valence-corrected chi connectivity index (χ1v) is 14.5.